The third-order valence-corrected chi connectivity index (χ3v) is 3.46. The largest absolute Gasteiger partial charge is 0.304 e. The van der Waals surface area contributed by atoms with Gasteiger partial charge >= 0.3 is 0 Å². The highest BCUT2D eigenvalue weighted by molar-refractivity contribution is 6.05. The van der Waals surface area contributed by atoms with E-state index in [1.807, 2.05) is 0 Å². The van der Waals surface area contributed by atoms with Crippen LogP contribution >= 0.6 is 0 Å². The molecule has 2 unspecified atom stereocenters. The second kappa shape index (κ2) is 7.48. The van der Waals surface area contributed by atoms with Crippen LogP contribution in [0.1, 0.15) is 40.0 Å². The SMILES string of the molecule is CCN(CC)CCCC(C)NC1CC(=O)NC1=O. The van der Waals surface area contributed by atoms with Crippen LogP contribution in [0.15, 0.2) is 0 Å². The van der Waals surface area contributed by atoms with Gasteiger partial charge in [0.25, 0.3) is 0 Å². The van der Waals surface area contributed by atoms with Crippen LogP contribution in [0.5, 0.6) is 0 Å². The third-order valence-electron chi connectivity index (χ3n) is 3.46. The Hall–Kier alpha value is -0.940. The normalized spacial score (nSPS) is 21.4. The molecular weight excluding hydrogens is 230 g/mol. The van der Waals surface area contributed by atoms with Gasteiger partial charge in [0.2, 0.25) is 11.8 Å². The maximum Gasteiger partial charge on any atom is 0.244 e. The summed E-state index contributed by atoms with van der Waals surface area (Å²) in [5, 5.41) is 5.53. The second-order valence-corrected chi connectivity index (χ2v) is 4.91. The van der Waals surface area contributed by atoms with Crippen molar-refractivity contribution in [2.75, 3.05) is 19.6 Å². The van der Waals surface area contributed by atoms with Gasteiger partial charge in [-0.2, -0.15) is 0 Å². The van der Waals surface area contributed by atoms with E-state index < -0.39 is 0 Å². The lowest BCUT2D eigenvalue weighted by molar-refractivity contribution is -0.125. The van der Waals surface area contributed by atoms with Crippen LogP contribution in [0, 0.1) is 0 Å². The van der Waals surface area contributed by atoms with Gasteiger partial charge in [0.15, 0.2) is 0 Å². The summed E-state index contributed by atoms with van der Waals surface area (Å²) in [6.07, 6.45) is 2.41. The molecule has 1 aliphatic heterocycles. The topological polar surface area (TPSA) is 61.4 Å². The third kappa shape index (κ3) is 4.74. The molecule has 0 bridgehead atoms. The molecule has 2 N–H and O–H groups in total. The van der Waals surface area contributed by atoms with Crippen molar-refractivity contribution < 1.29 is 9.59 Å². The predicted octanol–water partition coefficient (Wildman–Crippen LogP) is 0.502. The van der Waals surface area contributed by atoms with Crippen LogP contribution in [0.2, 0.25) is 0 Å². The smallest absolute Gasteiger partial charge is 0.244 e. The Kier molecular flexibility index (Phi) is 6.29. The monoisotopic (exact) mass is 255 g/mol. The molecule has 0 spiro atoms. The minimum atomic E-state index is -0.332. The van der Waals surface area contributed by atoms with Crippen LogP contribution < -0.4 is 10.6 Å². The number of hydrogen-bond acceptors (Lipinski definition) is 4. The maximum atomic E-state index is 11.4. The van der Waals surface area contributed by atoms with Crippen LogP contribution in [0.3, 0.4) is 0 Å². The first-order valence-corrected chi connectivity index (χ1v) is 6.88. The van der Waals surface area contributed by atoms with Gasteiger partial charge in [-0.1, -0.05) is 13.8 Å². The molecule has 0 saturated carbocycles. The Morgan fingerprint density at radius 1 is 1.39 bits per heavy atom. The summed E-state index contributed by atoms with van der Waals surface area (Å²) in [6.45, 7) is 9.65. The zero-order chi connectivity index (χ0) is 13.5. The molecule has 18 heavy (non-hydrogen) atoms. The average molecular weight is 255 g/mol. The molecule has 5 heteroatoms. The molecule has 104 valence electrons. The fourth-order valence-electron chi connectivity index (χ4n) is 2.28. The van der Waals surface area contributed by atoms with Crippen LogP contribution in [-0.2, 0) is 9.59 Å². The van der Waals surface area contributed by atoms with Gasteiger partial charge in [-0.05, 0) is 39.4 Å². The molecule has 1 aliphatic rings. The van der Waals surface area contributed by atoms with E-state index in [2.05, 4.69) is 36.3 Å². The lowest BCUT2D eigenvalue weighted by atomic mass is 10.1. The van der Waals surface area contributed by atoms with E-state index in [0.717, 1.165) is 32.5 Å². The van der Waals surface area contributed by atoms with Crippen molar-refractivity contribution in [1.82, 2.24) is 15.5 Å². The van der Waals surface area contributed by atoms with Gasteiger partial charge in [-0.3, -0.25) is 14.9 Å². The van der Waals surface area contributed by atoms with E-state index in [1.54, 1.807) is 0 Å². The quantitative estimate of drug-likeness (QED) is 0.620. The van der Waals surface area contributed by atoms with Gasteiger partial charge in [0.1, 0.15) is 0 Å². The Morgan fingerprint density at radius 2 is 2.06 bits per heavy atom. The lowest BCUT2D eigenvalue weighted by Gasteiger charge is -2.21. The predicted molar refractivity (Wildman–Crippen MR) is 71.2 cm³/mol. The highest BCUT2D eigenvalue weighted by atomic mass is 16.2. The van der Waals surface area contributed by atoms with Crippen molar-refractivity contribution >= 4 is 11.8 Å². The summed E-state index contributed by atoms with van der Waals surface area (Å²) in [4.78, 5) is 24.8. The fraction of sp³-hybridized carbons (Fsp3) is 0.846. The van der Waals surface area contributed by atoms with Crippen molar-refractivity contribution in [3.63, 3.8) is 0 Å². The minimum Gasteiger partial charge on any atom is -0.304 e. The standard InChI is InChI=1S/C13H25N3O2/c1-4-16(5-2)8-6-7-10(3)14-11-9-12(17)15-13(11)18/h10-11,14H,4-9H2,1-3H3,(H,15,17,18). The molecule has 0 aromatic carbocycles. The number of nitrogens with zero attached hydrogens (tertiary/aromatic N) is 1. The summed E-state index contributed by atoms with van der Waals surface area (Å²) < 4.78 is 0. The van der Waals surface area contributed by atoms with Gasteiger partial charge in [-0.25, -0.2) is 0 Å². The molecule has 1 heterocycles. The van der Waals surface area contributed by atoms with Crippen molar-refractivity contribution in [3.05, 3.63) is 0 Å². The van der Waals surface area contributed by atoms with E-state index in [0.29, 0.717) is 0 Å². The molecule has 0 aromatic rings. The zero-order valence-corrected chi connectivity index (χ0v) is 11.7. The van der Waals surface area contributed by atoms with Crippen LogP contribution in [0.4, 0.5) is 0 Å². The second-order valence-electron chi connectivity index (χ2n) is 4.91. The molecule has 1 rings (SSSR count). The van der Waals surface area contributed by atoms with E-state index in [-0.39, 0.29) is 30.3 Å². The molecule has 0 aromatic heterocycles. The van der Waals surface area contributed by atoms with Crippen LogP contribution in [0.25, 0.3) is 0 Å². The molecule has 2 atom stereocenters. The highest BCUT2D eigenvalue weighted by Gasteiger charge is 2.30. The molecule has 5 nitrogen and oxygen atoms in total. The number of carbonyl (C=O) groups excluding carboxylic acids is 2. The van der Waals surface area contributed by atoms with E-state index in [9.17, 15) is 9.59 Å². The molecule has 1 fully saturated rings. The van der Waals surface area contributed by atoms with Gasteiger partial charge in [-0.15, -0.1) is 0 Å². The van der Waals surface area contributed by atoms with Crippen molar-refractivity contribution in [3.8, 4) is 0 Å². The molecule has 1 saturated heterocycles. The number of carbonyl (C=O) groups is 2. The summed E-state index contributed by atoms with van der Waals surface area (Å²) in [7, 11) is 0. The van der Waals surface area contributed by atoms with Crippen molar-refractivity contribution in [2.45, 2.75) is 52.1 Å². The number of hydrogen-bond donors (Lipinski definition) is 2. The van der Waals surface area contributed by atoms with Gasteiger partial charge in [0.05, 0.1) is 12.5 Å². The van der Waals surface area contributed by atoms with Gasteiger partial charge < -0.3 is 10.2 Å². The number of amides is 2. The number of rotatable bonds is 8. The Morgan fingerprint density at radius 3 is 2.56 bits per heavy atom. The Balaban J connectivity index is 2.19. The summed E-state index contributed by atoms with van der Waals surface area (Å²) in [5.74, 6) is -0.358. The number of nitrogens with one attached hydrogen (secondary N) is 2. The average Bonchev–Trinajstić information content (AvgIpc) is 2.63. The van der Waals surface area contributed by atoms with Crippen LogP contribution in [-0.4, -0.2) is 48.4 Å². The van der Waals surface area contributed by atoms with E-state index >= 15 is 0 Å². The Bertz CT molecular complexity index is 290. The zero-order valence-electron chi connectivity index (χ0n) is 11.7. The summed E-state index contributed by atoms with van der Waals surface area (Å²) in [5.41, 5.74) is 0. The number of imide groups is 1. The first-order chi connectivity index (χ1) is 8.56. The van der Waals surface area contributed by atoms with Gasteiger partial charge in [0, 0.05) is 6.04 Å². The van der Waals surface area contributed by atoms with Crippen molar-refractivity contribution in [2.24, 2.45) is 0 Å². The Labute approximate surface area is 109 Å². The maximum absolute atomic E-state index is 11.4. The minimum absolute atomic E-state index is 0.173. The molecular formula is C13H25N3O2. The van der Waals surface area contributed by atoms with Crippen molar-refractivity contribution in [1.29, 1.82) is 0 Å². The first kappa shape index (κ1) is 15.1. The van der Waals surface area contributed by atoms with E-state index in [4.69, 9.17) is 0 Å². The lowest BCUT2D eigenvalue weighted by Crippen LogP contribution is -2.41. The molecule has 0 radical (unpaired) electrons. The molecule has 2 amide bonds. The fourth-order valence-corrected chi connectivity index (χ4v) is 2.28. The molecule has 0 aliphatic carbocycles. The highest BCUT2D eigenvalue weighted by Crippen LogP contribution is 2.06. The first-order valence-electron chi connectivity index (χ1n) is 6.88. The summed E-state index contributed by atoms with van der Waals surface area (Å²) >= 11 is 0. The summed E-state index contributed by atoms with van der Waals surface area (Å²) in [6, 6.07) is -0.0665. The van der Waals surface area contributed by atoms with E-state index in [1.165, 1.54) is 0 Å².